The van der Waals surface area contributed by atoms with Crippen LogP contribution < -0.4 is 4.57 Å². The Bertz CT molecular complexity index is 703. The maximum Gasteiger partial charge on any atom is 0.212 e. The first-order valence-corrected chi connectivity index (χ1v) is 7.09. The number of thiazole rings is 1. The zero-order valence-corrected chi connectivity index (χ0v) is 11.8. The molecule has 0 amide bonds. The Hall–Kier alpha value is -2.00. The van der Waals surface area contributed by atoms with Crippen LogP contribution in [0.1, 0.15) is 5.56 Å². The molecule has 0 atom stereocenters. The van der Waals surface area contributed by atoms with Crippen LogP contribution in [0.2, 0.25) is 0 Å². The van der Waals surface area contributed by atoms with Gasteiger partial charge in [0.15, 0.2) is 6.20 Å². The lowest BCUT2D eigenvalue weighted by Crippen LogP contribution is -2.30. The van der Waals surface area contributed by atoms with Gasteiger partial charge in [0.1, 0.15) is 12.1 Å². The first-order chi connectivity index (χ1) is 9.25. The average molecular weight is 267 g/mol. The fourth-order valence-electron chi connectivity index (χ4n) is 2.24. The van der Waals surface area contributed by atoms with Crippen LogP contribution in [0.3, 0.4) is 0 Å². The Kier molecular flexibility index (Phi) is 3.13. The van der Waals surface area contributed by atoms with Gasteiger partial charge in [0.05, 0.1) is 5.56 Å². The minimum atomic E-state index is 1.06. The van der Waals surface area contributed by atoms with E-state index >= 15 is 0 Å². The summed E-state index contributed by atoms with van der Waals surface area (Å²) in [7, 11) is 2.08. The zero-order valence-electron chi connectivity index (χ0n) is 11.0. The summed E-state index contributed by atoms with van der Waals surface area (Å²) in [6.07, 6.45) is 3.98. The van der Waals surface area contributed by atoms with E-state index in [2.05, 4.69) is 66.1 Å². The lowest BCUT2D eigenvalue weighted by atomic mass is 10.0. The van der Waals surface area contributed by atoms with E-state index < -0.39 is 0 Å². The Morgan fingerprint density at radius 2 is 1.95 bits per heavy atom. The van der Waals surface area contributed by atoms with Gasteiger partial charge in [-0.3, -0.25) is 0 Å². The largest absolute Gasteiger partial charge is 0.244 e. The maximum absolute atomic E-state index is 4.35. The zero-order chi connectivity index (χ0) is 13.2. The molecule has 2 nitrogen and oxygen atoms in total. The molecular weight excluding hydrogens is 252 g/mol. The normalized spacial score (nSPS) is 10.6. The van der Waals surface area contributed by atoms with E-state index in [1.807, 2.05) is 11.6 Å². The number of hydrogen-bond donors (Lipinski definition) is 0. The van der Waals surface area contributed by atoms with Gasteiger partial charge in [-0.05, 0) is 24.6 Å². The van der Waals surface area contributed by atoms with E-state index in [1.54, 1.807) is 11.3 Å². The molecule has 0 N–H and O–H groups in total. The van der Waals surface area contributed by atoms with Crippen molar-refractivity contribution in [2.24, 2.45) is 7.05 Å². The lowest BCUT2D eigenvalue weighted by molar-refractivity contribution is -0.659. The highest BCUT2D eigenvalue weighted by molar-refractivity contribution is 7.13. The number of aryl methyl sites for hydroxylation is 2. The van der Waals surface area contributed by atoms with E-state index in [9.17, 15) is 0 Å². The minimum absolute atomic E-state index is 1.06. The molecule has 0 fully saturated rings. The smallest absolute Gasteiger partial charge is 0.212 e. The Labute approximate surface area is 117 Å². The molecule has 0 radical (unpaired) electrons. The summed E-state index contributed by atoms with van der Waals surface area (Å²) in [5, 5.41) is 3.07. The summed E-state index contributed by atoms with van der Waals surface area (Å²) >= 11 is 1.67. The molecular formula is C16H15N2S+. The number of rotatable bonds is 2. The van der Waals surface area contributed by atoms with Gasteiger partial charge in [0.2, 0.25) is 5.69 Å². The second-order valence-corrected chi connectivity index (χ2v) is 5.46. The monoisotopic (exact) mass is 267 g/mol. The fraction of sp³-hybridized carbons (Fsp3) is 0.125. The highest BCUT2D eigenvalue weighted by Gasteiger charge is 2.13. The summed E-state index contributed by atoms with van der Waals surface area (Å²) < 4.78 is 2.17. The number of benzene rings is 1. The van der Waals surface area contributed by atoms with Crippen molar-refractivity contribution < 1.29 is 4.57 Å². The number of pyridine rings is 1. The van der Waals surface area contributed by atoms with Crippen LogP contribution in [-0.4, -0.2) is 4.98 Å². The third-order valence-electron chi connectivity index (χ3n) is 3.23. The van der Waals surface area contributed by atoms with Crippen molar-refractivity contribution in [1.82, 2.24) is 4.98 Å². The van der Waals surface area contributed by atoms with Gasteiger partial charge in [-0.1, -0.05) is 18.2 Å². The molecule has 0 bridgehead atoms. The Morgan fingerprint density at radius 1 is 1.11 bits per heavy atom. The van der Waals surface area contributed by atoms with Gasteiger partial charge >= 0.3 is 0 Å². The van der Waals surface area contributed by atoms with E-state index in [-0.39, 0.29) is 0 Å². The molecule has 2 aromatic heterocycles. The van der Waals surface area contributed by atoms with E-state index in [0.717, 1.165) is 10.6 Å². The van der Waals surface area contributed by atoms with Gasteiger partial charge in [-0.2, -0.15) is 0 Å². The third kappa shape index (κ3) is 2.29. The first-order valence-electron chi connectivity index (χ1n) is 6.21. The van der Waals surface area contributed by atoms with Gasteiger partial charge < -0.3 is 0 Å². The van der Waals surface area contributed by atoms with Crippen molar-refractivity contribution in [3.05, 3.63) is 59.7 Å². The quantitative estimate of drug-likeness (QED) is 0.648. The molecule has 2 heterocycles. The summed E-state index contributed by atoms with van der Waals surface area (Å²) in [4.78, 5) is 4.35. The predicted molar refractivity (Wildman–Crippen MR) is 78.9 cm³/mol. The van der Waals surface area contributed by atoms with Crippen molar-refractivity contribution in [2.45, 2.75) is 6.92 Å². The number of aromatic nitrogens is 2. The van der Waals surface area contributed by atoms with Crippen molar-refractivity contribution in [3.8, 4) is 21.8 Å². The summed E-state index contributed by atoms with van der Waals surface area (Å²) in [6.45, 7) is 2.14. The second-order valence-electron chi connectivity index (χ2n) is 4.57. The third-order valence-corrected chi connectivity index (χ3v) is 4.06. The van der Waals surface area contributed by atoms with Crippen molar-refractivity contribution in [2.75, 3.05) is 0 Å². The summed E-state index contributed by atoms with van der Waals surface area (Å²) in [5.41, 5.74) is 4.95. The molecule has 0 aliphatic carbocycles. The van der Waals surface area contributed by atoms with Gasteiger partial charge in [0.25, 0.3) is 0 Å². The molecule has 0 spiro atoms. The Balaban J connectivity index is 2.08. The molecule has 0 aliphatic heterocycles. The van der Waals surface area contributed by atoms with E-state index in [4.69, 9.17) is 0 Å². The maximum atomic E-state index is 4.35. The highest BCUT2D eigenvalue weighted by atomic mass is 32.1. The SMILES string of the molecule is Cc1ccccc1-c1ccc(-c2nccs2)c[n+]1C. The van der Waals surface area contributed by atoms with E-state index in [0.29, 0.717) is 0 Å². The van der Waals surface area contributed by atoms with Crippen molar-refractivity contribution in [1.29, 1.82) is 0 Å². The topological polar surface area (TPSA) is 16.8 Å². The molecule has 0 saturated heterocycles. The van der Waals surface area contributed by atoms with Gasteiger partial charge in [-0.25, -0.2) is 9.55 Å². The van der Waals surface area contributed by atoms with Gasteiger partial charge in [-0.15, -0.1) is 11.3 Å². The fourth-order valence-corrected chi connectivity index (χ4v) is 2.87. The van der Waals surface area contributed by atoms with E-state index in [1.165, 1.54) is 16.8 Å². The van der Waals surface area contributed by atoms with Crippen LogP contribution in [0.5, 0.6) is 0 Å². The summed E-state index contributed by atoms with van der Waals surface area (Å²) in [5.74, 6) is 0. The first kappa shape index (κ1) is 12.1. The van der Waals surface area contributed by atoms with Crippen molar-refractivity contribution in [3.63, 3.8) is 0 Å². The molecule has 3 rings (SSSR count). The molecule has 1 aromatic carbocycles. The molecule has 0 unspecified atom stereocenters. The second kappa shape index (κ2) is 4.94. The molecule has 94 valence electrons. The highest BCUT2D eigenvalue weighted by Crippen LogP contribution is 2.24. The van der Waals surface area contributed by atoms with Gasteiger partial charge in [0, 0.05) is 23.2 Å². The van der Waals surface area contributed by atoms with Crippen LogP contribution in [0.25, 0.3) is 21.8 Å². The number of nitrogens with zero attached hydrogens (tertiary/aromatic N) is 2. The number of hydrogen-bond acceptors (Lipinski definition) is 2. The Morgan fingerprint density at radius 3 is 2.63 bits per heavy atom. The van der Waals surface area contributed by atoms with Crippen LogP contribution in [0.15, 0.2) is 54.2 Å². The standard InChI is InChI=1S/C16H15N2S/c1-12-5-3-4-6-14(12)15-8-7-13(11-18(15)2)16-17-9-10-19-16/h3-11H,1-2H3/q+1. The predicted octanol–water partition coefficient (Wildman–Crippen LogP) is 3.61. The molecule has 0 aliphatic rings. The van der Waals surface area contributed by atoms with Crippen LogP contribution in [-0.2, 0) is 7.05 Å². The molecule has 3 heteroatoms. The van der Waals surface area contributed by atoms with Crippen LogP contribution in [0.4, 0.5) is 0 Å². The van der Waals surface area contributed by atoms with Crippen LogP contribution in [0, 0.1) is 6.92 Å². The van der Waals surface area contributed by atoms with Crippen molar-refractivity contribution >= 4 is 11.3 Å². The summed E-state index contributed by atoms with van der Waals surface area (Å²) in [6, 6.07) is 12.8. The average Bonchev–Trinajstić information content (AvgIpc) is 2.94. The molecule has 0 saturated carbocycles. The molecule has 19 heavy (non-hydrogen) atoms. The molecule has 3 aromatic rings. The van der Waals surface area contributed by atoms with Crippen LogP contribution >= 0.6 is 11.3 Å². The lowest BCUT2D eigenvalue weighted by Gasteiger charge is -2.04. The minimum Gasteiger partial charge on any atom is -0.244 e.